The van der Waals surface area contributed by atoms with Gasteiger partial charge in [0, 0.05) is 6.26 Å². The number of hydrogen-bond acceptors (Lipinski definition) is 5. The first-order valence-electron chi connectivity index (χ1n) is 5.88. The molecular weight excluding hydrogens is 359 g/mol. The van der Waals surface area contributed by atoms with Gasteiger partial charge in [-0.3, -0.25) is 4.79 Å². The molecule has 0 aliphatic carbocycles. The minimum Gasteiger partial charge on any atom is -0.396 e. The van der Waals surface area contributed by atoms with Gasteiger partial charge in [0.25, 0.3) is 5.56 Å². The summed E-state index contributed by atoms with van der Waals surface area (Å²) in [5, 5.41) is 3.09. The van der Waals surface area contributed by atoms with Crippen molar-refractivity contribution in [3.8, 4) is 5.69 Å². The molecule has 0 atom stereocenters. The minimum atomic E-state index is -4.93. The number of sulfone groups is 1. The molecule has 2 N–H and O–H groups in total. The van der Waals surface area contributed by atoms with Crippen molar-refractivity contribution in [2.24, 2.45) is 0 Å². The van der Waals surface area contributed by atoms with Crippen LogP contribution < -0.4 is 11.3 Å². The van der Waals surface area contributed by atoms with E-state index in [1.54, 1.807) is 0 Å². The van der Waals surface area contributed by atoms with Gasteiger partial charge >= 0.3 is 6.18 Å². The Balaban J connectivity index is 2.96. The topological polar surface area (TPSA) is 95.1 Å². The molecule has 1 aromatic carbocycles. The van der Waals surface area contributed by atoms with Crippen molar-refractivity contribution in [1.82, 2.24) is 9.78 Å². The second-order valence-corrected chi connectivity index (χ2v) is 6.89. The van der Waals surface area contributed by atoms with E-state index >= 15 is 0 Å². The van der Waals surface area contributed by atoms with Crippen LogP contribution in [-0.4, -0.2) is 24.5 Å². The molecule has 1 heterocycles. The molecule has 2 aromatic rings. The predicted octanol–water partition coefficient (Wildman–Crippen LogP) is 1.89. The Morgan fingerprint density at radius 2 is 1.91 bits per heavy atom. The molecule has 6 nitrogen and oxygen atoms in total. The molecular formula is C12H9ClF3N3O3S. The summed E-state index contributed by atoms with van der Waals surface area (Å²) in [7, 11) is -4.33. The molecule has 0 amide bonds. The van der Waals surface area contributed by atoms with E-state index in [0.29, 0.717) is 17.0 Å². The number of halogens is 4. The minimum absolute atomic E-state index is 0.180. The number of rotatable bonds is 2. The van der Waals surface area contributed by atoms with Gasteiger partial charge in [-0.05, 0) is 12.1 Å². The van der Waals surface area contributed by atoms with Gasteiger partial charge in [0.2, 0.25) is 0 Å². The molecule has 23 heavy (non-hydrogen) atoms. The summed E-state index contributed by atoms with van der Waals surface area (Å²) >= 11 is 5.66. The smallest absolute Gasteiger partial charge is 0.396 e. The molecule has 124 valence electrons. The number of alkyl halides is 3. The average molecular weight is 368 g/mol. The quantitative estimate of drug-likeness (QED) is 0.874. The lowest BCUT2D eigenvalue weighted by atomic mass is 10.2. The van der Waals surface area contributed by atoms with Gasteiger partial charge in [0.1, 0.15) is 9.92 Å². The fourth-order valence-electron chi connectivity index (χ4n) is 1.92. The third kappa shape index (κ3) is 3.17. The third-order valence-corrected chi connectivity index (χ3v) is 4.40. The number of anilines is 1. The summed E-state index contributed by atoms with van der Waals surface area (Å²) in [6.07, 6.45) is -3.39. The highest BCUT2D eigenvalue weighted by molar-refractivity contribution is 7.90. The number of nitrogen functional groups attached to an aromatic ring is 1. The van der Waals surface area contributed by atoms with Crippen molar-refractivity contribution in [1.29, 1.82) is 0 Å². The molecule has 0 bridgehead atoms. The lowest BCUT2D eigenvalue weighted by Crippen LogP contribution is -2.25. The molecule has 0 unspecified atom stereocenters. The van der Waals surface area contributed by atoms with E-state index in [-0.39, 0.29) is 5.69 Å². The zero-order valence-corrected chi connectivity index (χ0v) is 13.0. The number of hydrogen-bond donors (Lipinski definition) is 1. The Morgan fingerprint density at radius 1 is 1.30 bits per heavy atom. The standard InChI is InChI=1S/C12H9ClF3N3O3S/c1-23(21,22)10-6(12(14,15)16)3-2-4-8(10)19-11(20)9(13)7(17)5-18-19/h2-5H,17H2,1H3. The summed E-state index contributed by atoms with van der Waals surface area (Å²) in [6.45, 7) is 0. The Morgan fingerprint density at radius 3 is 2.43 bits per heavy atom. The molecule has 11 heteroatoms. The highest BCUT2D eigenvalue weighted by Crippen LogP contribution is 2.36. The van der Waals surface area contributed by atoms with Crippen LogP contribution in [0.1, 0.15) is 5.56 Å². The van der Waals surface area contributed by atoms with Gasteiger partial charge in [0.15, 0.2) is 9.84 Å². The Hall–Kier alpha value is -2.07. The van der Waals surface area contributed by atoms with E-state index < -0.39 is 42.7 Å². The van der Waals surface area contributed by atoms with Crippen LogP contribution in [0.3, 0.4) is 0 Å². The maximum atomic E-state index is 13.1. The normalized spacial score (nSPS) is 12.4. The van der Waals surface area contributed by atoms with Gasteiger partial charge in [0.05, 0.1) is 23.1 Å². The second kappa shape index (κ2) is 5.53. The first-order chi connectivity index (χ1) is 10.4. The molecule has 0 saturated heterocycles. The Kier molecular flexibility index (Phi) is 4.16. The highest BCUT2D eigenvalue weighted by atomic mass is 35.5. The molecule has 0 saturated carbocycles. The van der Waals surface area contributed by atoms with Gasteiger partial charge in [-0.15, -0.1) is 0 Å². The highest BCUT2D eigenvalue weighted by Gasteiger charge is 2.38. The number of aromatic nitrogens is 2. The molecule has 2 rings (SSSR count). The van der Waals surface area contributed by atoms with E-state index in [1.165, 1.54) is 0 Å². The fourth-order valence-corrected chi connectivity index (χ4v) is 3.17. The molecule has 1 aromatic heterocycles. The van der Waals surface area contributed by atoms with Crippen LogP contribution in [0.5, 0.6) is 0 Å². The van der Waals surface area contributed by atoms with Crippen molar-refractivity contribution in [3.63, 3.8) is 0 Å². The second-order valence-electron chi connectivity index (χ2n) is 4.55. The monoisotopic (exact) mass is 367 g/mol. The van der Waals surface area contributed by atoms with Crippen molar-refractivity contribution >= 4 is 27.1 Å². The lowest BCUT2D eigenvalue weighted by Gasteiger charge is -2.16. The van der Waals surface area contributed by atoms with E-state index in [0.717, 1.165) is 18.3 Å². The Labute approximate surface area is 133 Å². The van der Waals surface area contributed by atoms with Crippen molar-refractivity contribution in [2.45, 2.75) is 11.1 Å². The summed E-state index contributed by atoms with van der Waals surface area (Å²) in [5.74, 6) is 0. The lowest BCUT2D eigenvalue weighted by molar-refractivity contribution is -0.139. The molecule has 0 fully saturated rings. The first-order valence-corrected chi connectivity index (χ1v) is 8.15. The van der Waals surface area contributed by atoms with Crippen LogP contribution in [0.2, 0.25) is 5.02 Å². The maximum absolute atomic E-state index is 13.1. The van der Waals surface area contributed by atoms with Gasteiger partial charge in [-0.1, -0.05) is 17.7 Å². The molecule has 0 spiro atoms. The Bertz CT molecular complexity index is 939. The summed E-state index contributed by atoms with van der Waals surface area (Å²) in [4.78, 5) is 11.0. The average Bonchev–Trinajstić information content (AvgIpc) is 2.42. The zero-order valence-electron chi connectivity index (χ0n) is 11.4. The van der Waals surface area contributed by atoms with Crippen LogP contribution in [0.15, 0.2) is 34.1 Å². The maximum Gasteiger partial charge on any atom is 0.417 e. The van der Waals surface area contributed by atoms with Crippen LogP contribution in [0.25, 0.3) is 5.69 Å². The molecule has 0 aliphatic heterocycles. The van der Waals surface area contributed by atoms with E-state index in [1.807, 2.05) is 0 Å². The van der Waals surface area contributed by atoms with Crippen molar-refractivity contribution < 1.29 is 21.6 Å². The SMILES string of the molecule is CS(=O)(=O)c1c(-n2ncc(N)c(Cl)c2=O)cccc1C(F)(F)F. The van der Waals surface area contributed by atoms with Crippen LogP contribution in [0, 0.1) is 0 Å². The summed E-state index contributed by atoms with van der Waals surface area (Å²) in [5.41, 5.74) is 2.21. The van der Waals surface area contributed by atoms with Crippen LogP contribution >= 0.6 is 11.6 Å². The fraction of sp³-hybridized carbons (Fsp3) is 0.167. The van der Waals surface area contributed by atoms with E-state index in [9.17, 15) is 26.4 Å². The van der Waals surface area contributed by atoms with E-state index in [2.05, 4.69) is 5.10 Å². The van der Waals surface area contributed by atoms with E-state index in [4.69, 9.17) is 17.3 Å². The van der Waals surface area contributed by atoms with Gasteiger partial charge in [-0.2, -0.15) is 23.0 Å². The zero-order chi connectivity index (χ0) is 17.6. The van der Waals surface area contributed by atoms with Gasteiger partial charge < -0.3 is 5.73 Å². The predicted molar refractivity (Wildman–Crippen MR) is 77.4 cm³/mol. The number of nitrogens with two attached hydrogens (primary N) is 1. The van der Waals surface area contributed by atoms with Crippen molar-refractivity contribution in [3.05, 3.63) is 45.3 Å². The molecule has 0 aliphatic rings. The molecule has 0 radical (unpaired) electrons. The third-order valence-electron chi connectivity index (χ3n) is 2.84. The van der Waals surface area contributed by atoms with Crippen molar-refractivity contribution in [2.75, 3.05) is 12.0 Å². The number of nitrogens with zero attached hydrogens (tertiary/aromatic N) is 2. The van der Waals surface area contributed by atoms with Crippen LogP contribution in [-0.2, 0) is 16.0 Å². The first kappa shape index (κ1) is 17.3. The largest absolute Gasteiger partial charge is 0.417 e. The van der Waals surface area contributed by atoms with Crippen LogP contribution in [0.4, 0.5) is 18.9 Å². The number of benzene rings is 1. The van der Waals surface area contributed by atoms with Gasteiger partial charge in [-0.25, -0.2) is 8.42 Å². The summed E-state index contributed by atoms with van der Waals surface area (Å²) < 4.78 is 63.5. The summed E-state index contributed by atoms with van der Waals surface area (Å²) in [6, 6.07) is 2.58.